The molecule has 32 heavy (non-hydrogen) atoms. The number of pyridine rings is 1. The maximum atomic E-state index is 12.5. The zero-order valence-electron chi connectivity index (χ0n) is 17.3. The molecule has 0 saturated carbocycles. The van der Waals surface area contributed by atoms with Crippen molar-refractivity contribution in [2.45, 2.75) is 25.9 Å². The number of ether oxygens (including phenoxy) is 1. The highest BCUT2D eigenvalue weighted by Crippen LogP contribution is 2.40. The highest BCUT2D eigenvalue weighted by Gasteiger charge is 2.32. The van der Waals surface area contributed by atoms with Crippen LogP contribution in [-0.2, 0) is 11.4 Å². The molecule has 2 N–H and O–H groups in total. The summed E-state index contributed by atoms with van der Waals surface area (Å²) in [6.45, 7) is 2.28. The van der Waals surface area contributed by atoms with Gasteiger partial charge in [-0.3, -0.25) is 14.6 Å². The first kappa shape index (κ1) is 19.7. The van der Waals surface area contributed by atoms with Gasteiger partial charge < -0.3 is 10.1 Å². The molecule has 4 aromatic rings. The number of nitrogens with zero attached hydrogens (tertiary/aromatic N) is 4. The van der Waals surface area contributed by atoms with Gasteiger partial charge in [0.1, 0.15) is 18.2 Å². The summed E-state index contributed by atoms with van der Waals surface area (Å²) < 4.78 is 7.38. The molecule has 160 valence electrons. The molecule has 0 saturated heterocycles. The second-order valence-corrected chi connectivity index (χ2v) is 7.52. The van der Waals surface area contributed by atoms with E-state index in [0.717, 1.165) is 28.3 Å². The van der Waals surface area contributed by atoms with Crippen molar-refractivity contribution < 1.29 is 9.53 Å². The summed E-state index contributed by atoms with van der Waals surface area (Å²) >= 11 is 0. The first-order chi connectivity index (χ1) is 15.6. The van der Waals surface area contributed by atoms with Crippen molar-refractivity contribution >= 4 is 11.7 Å². The van der Waals surface area contributed by atoms with Gasteiger partial charge in [0.05, 0.1) is 11.4 Å². The molecule has 5 rings (SSSR count). The third-order valence-electron chi connectivity index (χ3n) is 5.38. The van der Waals surface area contributed by atoms with Gasteiger partial charge in [-0.25, -0.2) is 5.10 Å². The van der Waals surface area contributed by atoms with Crippen LogP contribution in [0.1, 0.15) is 34.9 Å². The number of anilines is 1. The van der Waals surface area contributed by atoms with Crippen LogP contribution < -0.4 is 15.6 Å². The summed E-state index contributed by atoms with van der Waals surface area (Å²) in [5.41, 5.74) is 3.25. The number of H-pyrrole nitrogens is 1. The Morgan fingerprint density at radius 3 is 2.66 bits per heavy atom. The van der Waals surface area contributed by atoms with Crippen LogP contribution in [0, 0.1) is 6.92 Å². The fourth-order valence-electron chi connectivity index (χ4n) is 3.89. The molecular formula is C23H20N6O3. The van der Waals surface area contributed by atoms with Crippen molar-refractivity contribution in [3.05, 3.63) is 93.7 Å². The third-order valence-corrected chi connectivity index (χ3v) is 5.38. The monoisotopic (exact) mass is 428 g/mol. The first-order valence-corrected chi connectivity index (χ1v) is 10.2. The molecule has 4 heterocycles. The Bertz CT molecular complexity index is 1310. The first-order valence-electron chi connectivity index (χ1n) is 10.2. The van der Waals surface area contributed by atoms with Crippen molar-refractivity contribution in [3.63, 3.8) is 0 Å². The van der Waals surface area contributed by atoms with Crippen molar-refractivity contribution in [1.82, 2.24) is 25.0 Å². The predicted octanol–water partition coefficient (Wildman–Crippen LogP) is 2.71. The van der Waals surface area contributed by atoms with Gasteiger partial charge in [0.25, 0.3) is 5.56 Å². The van der Waals surface area contributed by atoms with Crippen LogP contribution in [0.25, 0.3) is 5.82 Å². The SMILES string of the molecule is Cc1nn(-c2ccc(=O)[nH]n2)c2c1[C@@H](c1ccc(OCc3ccccn3)cc1)CC(=O)N2. The lowest BCUT2D eigenvalue weighted by molar-refractivity contribution is -0.116. The minimum absolute atomic E-state index is 0.108. The van der Waals surface area contributed by atoms with Crippen LogP contribution in [0.3, 0.4) is 0 Å². The lowest BCUT2D eigenvalue weighted by Crippen LogP contribution is -2.25. The van der Waals surface area contributed by atoms with Crippen molar-refractivity contribution in [3.8, 4) is 11.6 Å². The van der Waals surface area contributed by atoms with Gasteiger partial charge in [-0.15, -0.1) is 0 Å². The van der Waals surface area contributed by atoms with E-state index in [1.54, 1.807) is 16.9 Å². The average molecular weight is 428 g/mol. The predicted molar refractivity (Wildman–Crippen MR) is 117 cm³/mol. The normalized spacial score (nSPS) is 15.2. The van der Waals surface area contributed by atoms with Gasteiger partial charge >= 0.3 is 0 Å². The number of hydrogen-bond donors (Lipinski definition) is 2. The molecule has 0 aliphatic carbocycles. The molecule has 0 unspecified atom stereocenters. The maximum Gasteiger partial charge on any atom is 0.264 e. The molecule has 9 nitrogen and oxygen atoms in total. The molecular weight excluding hydrogens is 408 g/mol. The standard InChI is InChI=1S/C23H20N6O3/c1-14-22-18(15-5-7-17(8-6-15)32-13-16-4-2-3-11-24-16)12-21(31)25-23(22)29(28-14)19-9-10-20(30)27-26-19/h2-11,18H,12-13H2,1H3,(H,25,31)(H,27,30)/t18-/m1/s1. The van der Waals surface area contributed by atoms with Crippen LogP contribution >= 0.6 is 0 Å². The number of benzene rings is 1. The maximum absolute atomic E-state index is 12.5. The second kappa shape index (κ2) is 8.10. The number of amides is 1. The van der Waals surface area contributed by atoms with Gasteiger partial charge in [-0.2, -0.15) is 14.9 Å². The number of carbonyl (C=O) groups excluding carboxylic acids is 1. The van der Waals surface area contributed by atoms with E-state index in [0.29, 0.717) is 24.7 Å². The van der Waals surface area contributed by atoms with E-state index in [1.165, 1.54) is 6.07 Å². The number of carbonyl (C=O) groups is 1. The Morgan fingerprint density at radius 1 is 1.09 bits per heavy atom. The number of aromatic nitrogens is 5. The summed E-state index contributed by atoms with van der Waals surface area (Å²) in [6, 6.07) is 16.4. The summed E-state index contributed by atoms with van der Waals surface area (Å²) in [7, 11) is 0. The largest absolute Gasteiger partial charge is 0.487 e. The Kier molecular flexibility index (Phi) is 4.98. The highest BCUT2D eigenvalue weighted by molar-refractivity contribution is 5.95. The quantitative estimate of drug-likeness (QED) is 0.505. The average Bonchev–Trinajstić information content (AvgIpc) is 3.15. The Balaban J connectivity index is 1.43. The molecule has 0 fully saturated rings. The zero-order valence-corrected chi connectivity index (χ0v) is 17.3. The van der Waals surface area contributed by atoms with Crippen LogP contribution in [-0.4, -0.2) is 30.9 Å². The molecule has 1 aliphatic rings. The van der Waals surface area contributed by atoms with Crippen LogP contribution in [0.5, 0.6) is 5.75 Å². The van der Waals surface area contributed by atoms with E-state index in [2.05, 4.69) is 25.6 Å². The molecule has 9 heteroatoms. The minimum atomic E-state index is -0.307. The van der Waals surface area contributed by atoms with Gasteiger partial charge in [0.15, 0.2) is 5.82 Å². The molecule has 1 amide bonds. The number of fused-ring (bicyclic) bond motifs is 1. The number of nitrogens with one attached hydrogen (secondary N) is 2. The van der Waals surface area contributed by atoms with Crippen molar-refractivity contribution in [1.29, 1.82) is 0 Å². The van der Waals surface area contributed by atoms with E-state index >= 15 is 0 Å². The molecule has 1 atom stereocenters. The van der Waals surface area contributed by atoms with Gasteiger partial charge in [0.2, 0.25) is 5.91 Å². The molecule has 1 aromatic carbocycles. The van der Waals surface area contributed by atoms with Crippen LogP contribution in [0.15, 0.2) is 65.6 Å². The Labute approximate surface area is 183 Å². The second-order valence-electron chi connectivity index (χ2n) is 7.52. The smallest absolute Gasteiger partial charge is 0.264 e. The Morgan fingerprint density at radius 2 is 1.94 bits per heavy atom. The van der Waals surface area contributed by atoms with Gasteiger partial charge in [0, 0.05) is 30.2 Å². The fourth-order valence-corrected chi connectivity index (χ4v) is 3.89. The van der Waals surface area contributed by atoms with E-state index in [-0.39, 0.29) is 17.4 Å². The lowest BCUT2D eigenvalue weighted by Gasteiger charge is -2.24. The molecule has 0 radical (unpaired) electrons. The fraction of sp³-hybridized carbons (Fsp3) is 0.174. The summed E-state index contributed by atoms with van der Waals surface area (Å²) in [6.07, 6.45) is 2.05. The van der Waals surface area contributed by atoms with Crippen LogP contribution in [0.4, 0.5) is 5.82 Å². The third kappa shape index (κ3) is 3.76. The van der Waals surface area contributed by atoms with E-state index in [1.807, 2.05) is 49.4 Å². The van der Waals surface area contributed by atoms with E-state index in [4.69, 9.17) is 4.74 Å². The lowest BCUT2D eigenvalue weighted by atomic mass is 9.86. The van der Waals surface area contributed by atoms with Crippen molar-refractivity contribution in [2.24, 2.45) is 0 Å². The molecule has 0 spiro atoms. The number of aromatic amines is 1. The van der Waals surface area contributed by atoms with E-state index in [9.17, 15) is 9.59 Å². The molecule has 3 aromatic heterocycles. The molecule has 0 bridgehead atoms. The van der Waals surface area contributed by atoms with Crippen molar-refractivity contribution in [2.75, 3.05) is 5.32 Å². The highest BCUT2D eigenvalue weighted by atomic mass is 16.5. The number of rotatable bonds is 5. The number of hydrogen-bond acceptors (Lipinski definition) is 6. The van der Waals surface area contributed by atoms with Crippen LogP contribution in [0.2, 0.25) is 0 Å². The minimum Gasteiger partial charge on any atom is -0.487 e. The summed E-state index contributed by atoms with van der Waals surface area (Å²) in [5, 5.41) is 13.9. The number of aryl methyl sites for hydroxylation is 1. The summed E-state index contributed by atoms with van der Waals surface area (Å²) in [5.74, 6) is 1.46. The zero-order chi connectivity index (χ0) is 22.1. The Hall–Kier alpha value is -4.27. The van der Waals surface area contributed by atoms with Gasteiger partial charge in [-0.05, 0) is 42.8 Å². The topological polar surface area (TPSA) is 115 Å². The summed E-state index contributed by atoms with van der Waals surface area (Å²) in [4.78, 5) is 28.1. The van der Waals surface area contributed by atoms with E-state index < -0.39 is 0 Å². The molecule has 1 aliphatic heterocycles. The van der Waals surface area contributed by atoms with Gasteiger partial charge in [-0.1, -0.05) is 18.2 Å².